The van der Waals surface area contributed by atoms with Gasteiger partial charge in [0.15, 0.2) is 0 Å². The summed E-state index contributed by atoms with van der Waals surface area (Å²) >= 11 is 0. The molecule has 0 aliphatic heterocycles. The van der Waals surface area contributed by atoms with E-state index in [-0.39, 0.29) is 0 Å². The molecule has 4 aromatic heterocycles. The number of hydrogen-bond donors (Lipinski definition) is 0. The molecule has 0 spiro atoms. The lowest BCUT2D eigenvalue weighted by Gasteiger charge is -2.14. The number of benzene rings is 11. The first-order chi connectivity index (χ1) is 36.7. The van der Waals surface area contributed by atoms with E-state index in [4.69, 9.17) is 9.97 Å². The van der Waals surface area contributed by atoms with Crippen molar-refractivity contribution in [3.8, 4) is 11.4 Å². The summed E-state index contributed by atoms with van der Waals surface area (Å²) < 4.78 is 9.23. The van der Waals surface area contributed by atoms with Crippen LogP contribution in [0.25, 0.3) is 153 Å². The minimum atomic E-state index is 0.858. The molecule has 0 unspecified atom stereocenters. The molecule has 17 aromatic rings. The van der Waals surface area contributed by atoms with Crippen LogP contribution < -0.4 is 0 Å². The summed E-state index contributed by atoms with van der Waals surface area (Å²) in [5, 5.41) is 19.5. The smallest absolute Gasteiger partial charge is 0.220 e. The molecule has 0 N–H and O–H groups in total. The highest BCUT2D eigenvalue weighted by Gasteiger charge is 2.22. The van der Waals surface area contributed by atoms with E-state index in [0.29, 0.717) is 0 Å². The fourth-order valence-corrected chi connectivity index (χ4v) is 12.8. The predicted octanol–water partition coefficient (Wildman–Crippen LogP) is 17.5. The highest BCUT2D eigenvalue weighted by molar-refractivity contribution is 6.32. The van der Waals surface area contributed by atoms with E-state index in [0.717, 1.165) is 67.1 Å². The lowest BCUT2D eigenvalue weighted by molar-refractivity contribution is 1.11. The summed E-state index contributed by atoms with van der Waals surface area (Å²) in [4.78, 5) is 10.7. The molecule has 74 heavy (non-hydrogen) atoms. The average Bonchev–Trinajstić information content (AvgIpc) is 4.21. The van der Waals surface area contributed by atoms with E-state index in [1.807, 2.05) is 0 Å². The van der Waals surface area contributed by atoms with Crippen molar-refractivity contribution in [1.29, 1.82) is 0 Å². The molecule has 0 saturated heterocycles. The van der Waals surface area contributed by atoms with E-state index in [2.05, 4.69) is 261 Å². The van der Waals surface area contributed by atoms with Crippen LogP contribution in [0.5, 0.6) is 0 Å². The van der Waals surface area contributed by atoms with Gasteiger partial charge in [0.1, 0.15) is 0 Å². The van der Waals surface area contributed by atoms with Crippen molar-refractivity contribution in [3.63, 3.8) is 0 Å². The summed E-state index contributed by atoms with van der Waals surface area (Å²) in [5.74, 6) is 1.74. The Morgan fingerprint density at radius 2 is 0.500 bits per heavy atom. The Morgan fingerprint density at radius 3 is 0.946 bits per heavy atom. The molecule has 13 aromatic carbocycles. The number of para-hydroxylation sites is 6. The quantitative estimate of drug-likeness (QED) is 0.173. The lowest BCUT2D eigenvalue weighted by Crippen LogP contribution is -1.95. The van der Waals surface area contributed by atoms with Crippen LogP contribution in [-0.2, 0) is 0 Å². The Balaban J connectivity index is 0.963. The first kappa shape index (κ1) is 39.7. The van der Waals surface area contributed by atoms with Gasteiger partial charge in [-0.15, -0.1) is 0 Å². The summed E-state index contributed by atoms with van der Waals surface area (Å²) in [7, 11) is 0. The second kappa shape index (κ2) is 14.8. The minimum absolute atomic E-state index is 0.858. The first-order valence-corrected chi connectivity index (χ1v) is 25.3. The normalized spacial score (nSPS) is 12.3. The molecule has 0 saturated carbocycles. The molecule has 0 atom stereocenters. The first-order valence-electron chi connectivity index (χ1n) is 25.3. The zero-order chi connectivity index (χ0) is 48.2. The fraction of sp³-hybridized carbons (Fsp3) is 0. The highest BCUT2D eigenvalue weighted by Crippen LogP contribution is 2.43. The van der Waals surface area contributed by atoms with Crippen LogP contribution >= 0.6 is 0 Å². The zero-order valence-electron chi connectivity index (χ0n) is 39.8. The monoisotopic (exact) mass is 940 g/mol. The summed E-state index contributed by atoms with van der Waals surface area (Å²) in [6.07, 6.45) is 0. The Bertz CT molecular complexity index is 5400. The number of imidazole rings is 4. The van der Waals surface area contributed by atoms with E-state index >= 15 is 0 Å². The van der Waals surface area contributed by atoms with Crippen molar-refractivity contribution < 1.29 is 0 Å². The van der Waals surface area contributed by atoms with Crippen molar-refractivity contribution in [2.75, 3.05) is 0 Å². The predicted molar refractivity (Wildman–Crippen MR) is 310 cm³/mol. The molecular formula is C68H40N6. The molecule has 0 bridgehead atoms. The lowest BCUT2D eigenvalue weighted by atomic mass is 9.90. The molecule has 4 heterocycles. The van der Waals surface area contributed by atoms with Gasteiger partial charge in [-0.3, -0.25) is 17.9 Å². The van der Waals surface area contributed by atoms with Gasteiger partial charge in [-0.05, 0) is 165 Å². The molecule has 0 aliphatic rings. The third kappa shape index (κ3) is 5.32. The Morgan fingerprint density at radius 1 is 0.203 bits per heavy atom. The summed E-state index contributed by atoms with van der Waals surface area (Å²) in [6, 6.07) is 89.1. The molecule has 0 radical (unpaired) electrons. The van der Waals surface area contributed by atoms with Crippen LogP contribution in [0, 0.1) is 0 Å². The van der Waals surface area contributed by atoms with Crippen LogP contribution in [0.1, 0.15) is 0 Å². The van der Waals surface area contributed by atoms with Crippen molar-refractivity contribution in [2.24, 2.45) is 0 Å². The SMILES string of the molecule is c1ccc2c(c1)nc1n(-c3ccc4nc5n(-c6ccc7c8ccccc8c8cc9c%10ccccc%10c%10ccccc%10c%10ccccc%10c9cc8c8ccccc8c7c6)c6ccccc6n5c4c3)c3ccccc3n21. The number of hydrogen-bond acceptors (Lipinski definition) is 2. The number of rotatable bonds is 2. The van der Waals surface area contributed by atoms with E-state index in [1.165, 1.54) is 86.2 Å². The summed E-state index contributed by atoms with van der Waals surface area (Å²) in [5.41, 5.74) is 10.5. The molecular weight excluding hydrogens is 901 g/mol. The Hall–Kier alpha value is -10.0. The van der Waals surface area contributed by atoms with Gasteiger partial charge in [-0.1, -0.05) is 164 Å². The van der Waals surface area contributed by atoms with E-state index in [1.54, 1.807) is 0 Å². The Kier molecular flexibility index (Phi) is 7.91. The standard InChI is InChI=1S/C68H40N6/c1-2-18-44-43(17-1)45-19-3-6-22-48(45)55-39-57-50-24-8-5-21-47(50)53-35-33-41(37-54(53)51-25-9-10-26-52(51)58(57)40-56(55)49-23-7-4-20-46(44)49)71-63-30-14-16-32-65(63)74-66-38-42(34-36-60(66)70-68(71)74)72-62-29-13-15-31-64(62)73-61-28-12-11-27-59(61)69-67(72)73/h1-40H. The molecule has 0 amide bonds. The average molecular weight is 941 g/mol. The molecule has 6 heteroatoms. The van der Waals surface area contributed by atoms with Gasteiger partial charge in [-0.25, -0.2) is 9.97 Å². The van der Waals surface area contributed by atoms with E-state index < -0.39 is 0 Å². The Labute approximate surface area is 421 Å². The molecule has 342 valence electrons. The maximum absolute atomic E-state index is 5.47. The van der Waals surface area contributed by atoms with Crippen LogP contribution in [0.3, 0.4) is 0 Å². The van der Waals surface area contributed by atoms with Crippen molar-refractivity contribution >= 4 is 142 Å². The van der Waals surface area contributed by atoms with Gasteiger partial charge in [0.05, 0.1) is 49.8 Å². The van der Waals surface area contributed by atoms with Gasteiger partial charge >= 0.3 is 0 Å². The number of fused-ring (bicyclic) bond motifs is 26. The van der Waals surface area contributed by atoms with Gasteiger partial charge in [0.25, 0.3) is 0 Å². The van der Waals surface area contributed by atoms with Gasteiger partial charge in [0, 0.05) is 5.69 Å². The topological polar surface area (TPSA) is 44.5 Å². The third-order valence-corrected chi connectivity index (χ3v) is 15.9. The van der Waals surface area contributed by atoms with Gasteiger partial charge < -0.3 is 0 Å². The largest absolute Gasteiger partial charge is 0.278 e. The highest BCUT2D eigenvalue weighted by atomic mass is 15.2. The molecule has 17 rings (SSSR count). The molecule has 0 fully saturated rings. The zero-order valence-corrected chi connectivity index (χ0v) is 39.8. The molecule has 0 aliphatic carbocycles. The van der Waals surface area contributed by atoms with Crippen LogP contribution in [0.4, 0.5) is 0 Å². The maximum Gasteiger partial charge on any atom is 0.220 e. The fourth-order valence-electron chi connectivity index (χ4n) is 12.8. The van der Waals surface area contributed by atoms with Crippen molar-refractivity contribution in [2.45, 2.75) is 0 Å². The van der Waals surface area contributed by atoms with Gasteiger partial charge in [-0.2, -0.15) is 0 Å². The number of aromatic nitrogens is 6. The molecule has 6 nitrogen and oxygen atoms in total. The van der Waals surface area contributed by atoms with Crippen LogP contribution in [-0.4, -0.2) is 27.9 Å². The third-order valence-electron chi connectivity index (χ3n) is 15.9. The second-order valence-corrected chi connectivity index (χ2v) is 19.7. The van der Waals surface area contributed by atoms with Crippen LogP contribution in [0.2, 0.25) is 0 Å². The van der Waals surface area contributed by atoms with Crippen molar-refractivity contribution in [3.05, 3.63) is 243 Å². The second-order valence-electron chi connectivity index (χ2n) is 19.7. The maximum atomic E-state index is 5.47. The van der Waals surface area contributed by atoms with Crippen LogP contribution in [0.15, 0.2) is 243 Å². The van der Waals surface area contributed by atoms with Gasteiger partial charge in [0.2, 0.25) is 11.6 Å². The van der Waals surface area contributed by atoms with Crippen molar-refractivity contribution in [1.82, 2.24) is 27.9 Å². The minimum Gasteiger partial charge on any atom is -0.278 e. The number of nitrogens with zero attached hydrogens (tertiary/aromatic N) is 6. The summed E-state index contributed by atoms with van der Waals surface area (Å²) in [6.45, 7) is 0. The van der Waals surface area contributed by atoms with E-state index in [9.17, 15) is 0 Å².